The normalized spacial score (nSPS) is 11.5. The molecular formula is C13H8BrCl3. The average molecular weight is 350 g/mol. The summed E-state index contributed by atoms with van der Waals surface area (Å²) in [6.07, 6.45) is 0. The molecule has 0 aliphatic carbocycles. The Morgan fingerprint density at radius 3 is 2.06 bits per heavy atom. The Morgan fingerprint density at radius 2 is 1.47 bits per heavy atom. The van der Waals surface area contributed by atoms with Crippen LogP contribution in [0.1, 0.15) is 11.1 Å². The summed E-state index contributed by atoms with van der Waals surface area (Å²) < 4.78 is -0.163. The van der Waals surface area contributed by atoms with Gasteiger partial charge in [0.15, 0.2) is 4.33 Å². The van der Waals surface area contributed by atoms with Crippen molar-refractivity contribution in [1.82, 2.24) is 0 Å². The van der Waals surface area contributed by atoms with Crippen LogP contribution in [0.15, 0.2) is 53.0 Å². The monoisotopic (exact) mass is 348 g/mol. The predicted octanol–water partition coefficient (Wildman–Crippen LogP) is 5.78. The summed E-state index contributed by atoms with van der Waals surface area (Å²) in [4.78, 5) is 0. The van der Waals surface area contributed by atoms with Crippen LogP contribution in [0.25, 0.3) is 0 Å². The molecule has 2 rings (SSSR count). The van der Waals surface area contributed by atoms with E-state index in [4.69, 9.17) is 34.8 Å². The zero-order chi connectivity index (χ0) is 12.5. The molecule has 0 aliphatic rings. The molecule has 0 nitrogen and oxygen atoms in total. The van der Waals surface area contributed by atoms with Crippen LogP contribution < -0.4 is 0 Å². The second kappa shape index (κ2) is 5.19. The van der Waals surface area contributed by atoms with Gasteiger partial charge in [-0.1, -0.05) is 81.1 Å². The van der Waals surface area contributed by atoms with Gasteiger partial charge in [0, 0.05) is 15.1 Å². The molecular weight excluding hydrogens is 342 g/mol. The molecule has 0 spiro atoms. The molecule has 0 saturated heterocycles. The molecule has 0 aliphatic heterocycles. The first-order valence-corrected chi connectivity index (χ1v) is 6.83. The Hall–Kier alpha value is -0.210. The molecule has 0 heterocycles. The van der Waals surface area contributed by atoms with Crippen LogP contribution in [-0.4, -0.2) is 0 Å². The lowest BCUT2D eigenvalue weighted by molar-refractivity contribution is 1.04. The van der Waals surface area contributed by atoms with Crippen LogP contribution >= 0.6 is 50.7 Å². The number of halogens is 4. The largest absolute Gasteiger partial charge is 0.169 e. The maximum atomic E-state index is 6.41. The minimum absolute atomic E-state index is 0.556. The molecule has 0 aromatic heterocycles. The maximum Gasteiger partial charge on any atom is 0.169 e. The number of benzene rings is 2. The first kappa shape index (κ1) is 13.2. The van der Waals surface area contributed by atoms with Crippen molar-refractivity contribution in [1.29, 1.82) is 0 Å². The SMILES string of the molecule is Clc1ccccc1C(Cl)(Cl)c1ccc(Br)cc1. The molecule has 0 saturated carbocycles. The molecule has 0 atom stereocenters. The van der Waals surface area contributed by atoms with Gasteiger partial charge in [-0.15, -0.1) is 0 Å². The van der Waals surface area contributed by atoms with Gasteiger partial charge in [-0.2, -0.15) is 0 Å². The molecule has 0 bridgehead atoms. The Labute approximate surface area is 124 Å². The second-order valence-corrected chi connectivity index (χ2v) is 6.21. The van der Waals surface area contributed by atoms with Crippen molar-refractivity contribution >= 4 is 50.7 Å². The highest BCUT2D eigenvalue weighted by atomic mass is 79.9. The molecule has 4 heteroatoms. The number of hydrogen-bond donors (Lipinski definition) is 0. The number of rotatable bonds is 2. The van der Waals surface area contributed by atoms with Gasteiger partial charge in [-0.05, 0) is 23.8 Å². The van der Waals surface area contributed by atoms with Crippen LogP contribution in [-0.2, 0) is 4.33 Å². The third-order valence-electron chi connectivity index (χ3n) is 2.42. The summed E-state index contributed by atoms with van der Waals surface area (Å²) >= 11 is 22.3. The fourth-order valence-electron chi connectivity index (χ4n) is 1.53. The lowest BCUT2D eigenvalue weighted by Gasteiger charge is -2.21. The zero-order valence-electron chi connectivity index (χ0n) is 8.63. The van der Waals surface area contributed by atoms with Gasteiger partial charge in [0.05, 0.1) is 0 Å². The number of hydrogen-bond acceptors (Lipinski definition) is 0. The molecule has 2 aromatic carbocycles. The third-order valence-corrected chi connectivity index (χ3v) is 4.12. The van der Waals surface area contributed by atoms with Crippen LogP contribution in [0.4, 0.5) is 0 Å². The van der Waals surface area contributed by atoms with Crippen LogP contribution in [0.2, 0.25) is 5.02 Å². The van der Waals surface area contributed by atoms with Gasteiger partial charge in [-0.3, -0.25) is 0 Å². The van der Waals surface area contributed by atoms with E-state index in [1.807, 2.05) is 42.5 Å². The molecule has 17 heavy (non-hydrogen) atoms. The summed E-state index contributed by atoms with van der Waals surface area (Å²) in [5, 5.41) is 0.556. The van der Waals surface area contributed by atoms with Crippen LogP contribution in [0.5, 0.6) is 0 Å². The Morgan fingerprint density at radius 1 is 0.882 bits per heavy atom. The topological polar surface area (TPSA) is 0 Å². The lowest BCUT2D eigenvalue weighted by atomic mass is 10.0. The molecule has 0 unspecified atom stereocenters. The van der Waals surface area contributed by atoms with Crippen LogP contribution in [0.3, 0.4) is 0 Å². The number of alkyl halides is 2. The van der Waals surface area contributed by atoms with E-state index in [0.29, 0.717) is 10.6 Å². The Balaban J connectivity index is 2.49. The van der Waals surface area contributed by atoms with Gasteiger partial charge in [0.2, 0.25) is 0 Å². The highest BCUT2D eigenvalue weighted by molar-refractivity contribution is 9.10. The minimum Gasteiger partial charge on any atom is -0.0909 e. The maximum absolute atomic E-state index is 6.41. The van der Waals surface area contributed by atoms with Crippen molar-refractivity contribution in [3.8, 4) is 0 Å². The summed E-state index contributed by atoms with van der Waals surface area (Å²) in [6.45, 7) is 0. The molecule has 0 N–H and O–H groups in total. The molecule has 0 amide bonds. The lowest BCUT2D eigenvalue weighted by Crippen LogP contribution is -2.12. The van der Waals surface area contributed by atoms with E-state index in [1.54, 1.807) is 6.07 Å². The first-order chi connectivity index (χ1) is 8.01. The fourth-order valence-corrected chi connectivity index (χ4v) is 2.75. The van der Waals surface area contributed by atoms with Crippen molar-refractivity contribution in [2.24, 2.45) is 0 Å². The van der Waals surface area contributed by atoms with Crippen molar-refractivity contribution in [3.63, 3.8) is 0 Å². The molecule has 88 valence electrons. The van der Waals surface area contributed by atoms with E-state index >= 15 is 0 Å². The van der Waals surface area contributed by atoms with Crippen molar-refractivity contribution in [3.05, 3.63) is 69.2 Å². The van der Waals surface area contributed by atoms with E-state index in [0.717, 1.165) is 10.0 Å². The summed E-state index contributed by atoms with van der Waals surface area (Å²) in [7, 11) is 0. The summed E-state index contributed by atoms with van der Waals surface area (Å²) in [5.41, 5.74) is 1.48. The van der Waals surface area contributed by atoms with E-state index in [1.165, 1.54) is 0 Å². The standard InChI is InChI=1S/C13H8BrCl3/c14-10-7-5-9(6-8-10)13(16,17)11-3-1-2-4-12(11)15/h1-8H. The molecule has 0 fully saturated rings. The van der Waals surface area contributed by atoms with Gasteiger partial charge < -0.3 is 0 Å². The van der Waals surface area contributed by atoms with E-state index in [9.17, 15) is 0 Å². The van der Waals surface area contributed by atoms with Gasteiger partial charge >= 0.3 is 0 Å². The van der Waals surface area contributed by atoms with E-state index in [2.05, 4.69) is 15.9 Å². The summed E-state index contributed by atoms with van der Waals surface area (Å²) in [6, 6.07) is 14.8. The fraction of sp³-hybridized carbons (Fsp3) is 0.0769. The van der Waals surface area contributed by atoms with Crippen molar-refractivity contribution in [2.75, 3.05) is 0 Å². The average Bonchev–Trinajstić information content (AvgIpc) is 2.30. The third kappa shape index (κ3) is 2.79. The highest BCUT2D eigenvalue weighted by Gasteiger charge is 2.30. The van der Waals surface area contributed by atoms with Gasteiger partial charge in [-0.25, -0.2) is 0 Å². The second-order valence-electron chi connectivity index (χ2n) is 3.56. The first-order valence-electron chi connectivity index (χ1n) is 4.90. The Bertz CT molecular complexity index is 520. The van der Waals surface area contributed by atoms with E-state index in [-0.39, 0.29) is 0 Å². The molecule has 2 aromatic rings. The van der Waals surface area contributed by atoms with Crippen LogP contribution in [0, 0.1) is 0 Å². The summed E-state index contributed by atoms with van der Waals surface area (Å²) in [5.74, 6) is 0. The Kier molecular flexibility index (Phi) is 4.04. The predicted molar refractivity (Wildman–Crippen MR) is 78.1 cm³/mol. The zero-order valence-corrected chi connectivity index (χ0v) is 12.5. The smallest absolute Gasteiger partial charge is 0.0909 e. The van der Waals surface area contributed by atoms with Gasteiger partial charge in [0.25, 0.3) is 0 Å². The van der Waals surface area contributed by atoms with E-state index < -0.39 is 4.33 Å². The minimum atomic E-state index is -1.14. The quantitative estimate of drug-likeness (QED) is 0.602. The van der Waals surface area contributed by atoms with Gasteiger partial charge in [0.1, 0.15) is 0 Å². The highest BCUT2D eigenvalue weighted by Crippen LogP contribution is 2.43. The van der Waals surface area contributed by atoms with Crippen molar-refractivity contribution in [2.45, 2.75) is 4.33 Å². The van der Waals surface area contributed by atoms with Crippen molar-refractivity contribution < 1.29 is 0 Å². The molecule has 0 radical (unpaired) electrons.